The molecule has 2 saturated carbocycles. The molecule has 1 saturated heterocycles. The van der Waals surface area contributed by atoms with E-state index >= 15 is 0 Å². The number of nitrogens with zero attached hydrogens (tertiary/aromatic N) is 1. The molecule has 2 N–H and O–H groups in total. The summed E-state index contributed by atoms with van der Waals surface area (Å²) in [6, 6.07) is 0.537. The number of nitrogens with one attached hydrogen (secondary N) is 2. The number of carbonyl (C=O) groups is 1. The van der Waals surface area contributed by atoms with Crippen molar-refractivity contribution in [2.24, 2.45) is 11.8 Å². The SMILES string of the molecule is O=C(NCCCCN1CCCC1)NC(C1CC1)C1CC1. The lowest BCUT2D eigenvalue weighted by atomic mass is 10.1. The average molecular weight is 279 g/mol. The van der Waals surface area contributed by atoms with Gasteiger partial charge in [0, 0.05) is 12.6 Å². The number of rotatable bonds is 8. The fraction of sp³-hybridized carbons (Fsp3) is 0.938. The van der Waals surface area contributed by atoms with E-state index in [0.29, 0.717) is 6.04 Å². The number of carbonyl (C=O) groups excluding carboxylic acids is 1. The molecule has 2 amide bonds. The summed E-state index contributed by atoms with van der Waals surface area (Å²) in [6.07, 6.45) is 10.3. The number of unbranched alkanes of at least 4 members (excludes halogenated alkanes) is 1. The quantitative estimate of drug-likeness (QED) is 0.670. The van der Waals surface area contributed by atoms with E-state index in [9.17, 15) is 4.79 Å². The van der Waals surface area contributed by atoms with E-state index in [0.717, 1.165) is 24.8 Å². The molecule has 0 aromatic rings. The molecular weight excluding hydrogens is 250 g/mol. The second kappa shape index (κ2) is 6.79. The first kappa shape index (κ1) is 14.2. The number of hydrogen-bond acceptors (Lipinski definition) is 2. The zero-order chi connectivity index (χ0) is 13.8. The Labute approximate surface area is 122 Å². The van der Waals surface area contributed by atoms with Gasteiger partial charge in [-0.05, 0) is 82.8 Å². The highest BCUT2D eigenvalue weighted by atomic mass is 16.2. The molecule has 0 bridgehead atoms. The number of likely N-dealkylation sites (tertiary alicyclic amines) is 1. The highest BCUT2D eigenvalue weighted by molar-refractivity contribution is 5.74. The maximum atomic E-state index is 11.9. The molecule has 3 fully saturated rings. The first-order valence-corrected chi connectivity index (χ1v) is 8.59. The maximum absolute atomic E-state index is 11.9. The third kappa shape index (κ3) is 4.37. The Hall–Kier alpha value is -0.770. The predicted octanol–water partition coefficient (Wildman–Crippen LogP) is 2.35. The molecule has 4 heteroatoms. The lowest BCUT2D eigenvalue weighted by Crippen LogP contribution is -2.44. The van der Waals surface area contributed by atoms with Crippen LogP contribution in [0.25, 0.3) is 0 Å². The van der Waals surface area contributed by atoms with Gasteiger partial charge in [-0.15, -0.1) is 0 Å². The zero-order valence-electron chi connectivity index (χ0n) is 12.6. The minimum Gasteiger partial charge on any atom is -0.338 e. The van der Waals surface area contributed by atoms with Crippen LogP contribution in [-0.4, -0.2) is 43.2 Å². The predicted molar refractivity (Wildman–Crippen MR) is 80.7 cm³/mol. The Balaban J connectivity index is 1.23. The molecule has 1 aliphatic heterocycles. The summed E-state index contributed by atoms with van der Waals surface area (Å²) in [6.45, 7) is 4.58. The van der Waals surface area contributed by atoms with Crippen molar-refractivity contribution >= 4 is 6.03 Å². The van der Waals surface area contributed by atoms with Crippen molar-refractivity contribution in [2.75, 3.05) is 26.2 Å². The van der Waals surface area contributed by atoms with Crippen LogP contribution in [0, 0.1) is 11.8 Å². The van der Waals surface area contributed by atoms with Gasteiger partial charge in [-0.3, -0.25) is 0 Å². The Morgan fingerprint density at radius 1 is 1.05 bits per heavy atom. The van der Waals surface area contributed by atoms with Crippen molar-refractivity contribution in [1.29, 1.82) is 0 Å². The minimum absolute atomic E-state index is 0.0648. The largest absolute Gasteiger partial charge is 0.338 e. The van der Waals surface area contributed by atoms with Crippen LogP contribution in [0.1, 0.15) is 51.4 Å². The first-order valence-electron chi connectivity index (χ1n) is 8.59. The van der Waals surface area contributed by atoms with Crippen LogP contribution in [0.3, 0.4) is 0 Å². The van der Waals surface area contributed by atoms with E-state index in [4.69, 9.17) is 0 Å². The van der Waals surface area contributed by atoms with Crippen LogP contribution in [0.5, 0.6) is 0 Å². The van der Waals surface area contributed by atoms with E-state index in [1.54, 1.807) is 0 Å². The fourth-order valence-corrected chi connectivity index (χ4v) is 3.40. The summed E-state index contributed by atoms with van der Waals surface area (Å²) in [7, 11) is 0. The molecule has 0 radical (unpaired) electrons. The van der Waals surface area contributed by atoms with Gasteiger partial charge in [0.2, 0.25) is 0 Å². The monoisotopic (exact) mass is 279 g/mol. The van der Waals surface area contributed by atoms with E-state index in [1.165, 1.54) is 64.6 Å². The number of hydrogen-bond donors (Lipinski definition) is 2. The molecule has 20 heavy (non-hydrogen) atoms. The van der Waals surface area contributed by atoms with Crippen LogP contribution < -0.4 is 10.6 Å². The summed E-state index contributed by atoms with van der Waals surface area (Å²) in [5.41, 5.74) is 0. The van der Waals surface area contributed by atoms with Crippen LogP contribution in [-0.2, 0) is 0 Å². The van der Waals surface area contributed by atoms with E-state index in [2.05, 4.69) is 15.5 Å². The van der Waals surface area contributed by atoms with Gasteiger partial charge in [0.1, 0.15) is 0 Å². The Morgan fingerprint density at radius 2 is 1.70 bits per heavy atom. The second-order valence-electron chi connectivity index (χ2n) is 6.86. The van der Waals surface area contributed by atoms with Crippen molar-refractivity contribution < 1.29 is 4.79 Å². The fourth-order valence-electron chi connectivity index (χ4n) is 3.40. The van der Waals surface area contributed by atoms with Crippen molar-refractivity contribution in [3.63, 3.8) is 0 Å². The van der Waals surface area contributed by atoms with E-state index < -0.39 is 0 Å². The minimum atomic E-state index is 0.0648. The van der Waals surface area contributed by atoms with Crippen molar-refractivity contribution in [3.05, 3.63) is 0 Å². The second-order valence-corrected chi connectivity index (χ2v) is 6.86. The molecule has 3 aliphatic rings. The molecule has 1 heterocycles. The summed E-state index contributed by atoms with van der Waals surface area (Å²) in [5, 5.41) is 6.25. The molecular formula is C16H29N3O. The molecule has 0 unspecified atom stereocenters. The Morgan fingerprint density at radius 3 is 2.30 bits per heavy atom. The number of urea groups is 1. The maximum Gasteiger partial charge on any atom is 0.315 e. The van der Waals surface area contributed by atoms with Crippen molar-refractivity contribution in [1.82, 2.24) is 15.5 Å². The normalized spacial score (nSPS) is 23.2. The van der Waals surface area contributed by atoms with Gasteiger partial charge in [-0.2, -0.15) is 0 Å². The molecule has 114 valence electrons. The molecule has 4 nitrogen and oxygen atoms in total. The average Bonchev–Trinajstić information content (AvgIpc) is 3.36. The number of amides is 2. The molecule has 2 aliphatic carbocycles. The summed E-state index contributed by atoms with van der Waals surface area (Å²) in [4.78, 5) is 14.4. The third-order valence-electron chi connectivity index (χ3n) is 4.94. The Bertz CT molecular complexity index is 308. The van der Waals surface area contributed by atoms with Gasteiger partial charge in [-0.25, -0.2) is 4.79 Å². The molecule has 0 spiro atoms. The van der Waals surface area contributed by atoms with Crippen LogP contribution in [0.4, 0.5) is 4.79 Å². The van der Waals surface area contributed by atoms with Gasteiger partial charge < -0.3 is 15.5 Å². The third-order valence-corrected chi connectivity index (χ3v) is 4.94. The molecule has 3 rings (SSSR count). The van der Waals surface area contributed by atoms with Crippen LogP contribution in [0.2, 0.25) is 0 Å². The highest BCUT2D eigenvalue weighted by Gasteiger charge is 2.42. The zero-order valence-corrected chi connectivity index (χ0v) is 12.6. The highest BCUT2D eigenvalue weighted by Crippen LogP contribution is 2.44. The standard InChI is InChI=1S/C16H29N3O/c20-16(18-15(13-5-6-13)14-7-8-14)17-9-1-2-10-19-11-3-4-12-19/h13-15H,1-12H2,(H2,17,18,20). The Kier molecular flexibility index (Phi) is 4.81. The lowest BCUT2D eigenvalue weighted by Gasteiger charge is -2.18. The van der Waals surface area contributed by atoms with Gasteiger partial charge in [0.15, 0.2) is 0 Å². The van der Waals surface area contributed by atoms with Gasteiger partial charge in [0.05, 0.1) is 0 Å². The van der Waals surface area contributed by atoms with Gasteiger partial charge in [-0.1, -0.05) is 0 Å². The summed E-state index contributed by atoms with van der Waals surface area (Å²) in [5.74, 6) is 1.56. The van der Waals surface area contributed by atoms with Gasteiger partial charge in [0.25, 0.3) is 0 Å². The van der Waals surface area contributed by atoms with Gasteiger partial charge >= 0.3 is 6.03 Å². The molecule has 0 aromatic heterocycles. The van der Waals surface area contributed by atoms with Crippen molar-refractivity contribution in [3.8, 4) is 0 Å². The van der Waals surface area contributed by atoms with Crippen LogP contribution >= 0.6 is 0 Å². The summed E-state index contributed by atoms with van der Waals surface area (Å²) < 4.78 is 0. The molecule has 0 atom stereocenters. The van der Waals surface area contributed by atoms with E-state index in [1.807, 2.05) is 0 Å². The topological polar surface area (TPSA) is 44.4 Å². The molecule has 0 aromatic carbocycles. The lowest BCUT2D eigenvalue weighted by molar-refractivity contribution is 0.232. The van der Waals surface area contributed by atoms with Crippen molar-refractivity contribution in [2.45, 2.75) is 57.4 Å². The smallest absolute Gasteiger partial charge is 0.315 e. The van der Waals surface area contributed by atoms with E-state index in [-0.39, 0.29) is 6.03 Å². The van der Waals surface area contributed by atoms with Crippen LogP contribution in [0.15, 0.2) is 0 Å². The summed E-state index contributed by atoms with van der Waals surface area (Å²) >= 11 is 0. The first-order chi connectivity index (χ1) is 9.83.